The fraction of sp³-hybridized carbons (Fsp3) is 0.222. The van der Waals surface area contributed by atoms with E-state index in [4.69, 9.17) is 9.84 Å². The molecule has 0 unspecified atom stereocenters. The Bertz CT molecular complexity index is 642. The monoisotopic (exact) mass is 298 g/mol. The maximum absolute atomic E-state index is 11.9. The minimum atomic E-state index is -0.873. The molecule has 114 valence electrons. The van der Waals surface area contributed by atoms with E-state index in [9.17, 15) is 9.59 Å². The van der Waals surface area contributed by atoms with E-state index in [-0.39, 0.29) is 18.6 Å². The largest absolute Gasteiger partial charge is 0.497 e. The summed E-state index contributed by atoms with van der Waals surface area (Å²) in [6.45, 7) is 0. The molecule has 4 heteroatoms. The van der Waals surface area contributed by atoms with E-state index in [1.807, 2.05) is 36.4 Å². The van der Waals surface area contributed by atoms with Gasteiger partial charge in [0.15, 0.2) is 5.78 Å². The van der Waals surface area contributed by atoms with Gasteiger partial charge in [0.1, 0.15) is 5.75 Å². The summed E-state index contributed by atoms with van der Waals surface area (Å²) < 4.78 is 5.12. The Labute approximate surface area is 129 Å². The molecule has 1 N–H and O–H groups in total. The van der Waals surface area contributed by atoms with Crippen molar-refractivity contribution in [3.63, 3.8) is 0 Å². The van der Waals surface area contributed by atoms with Crippen LogP contribution in [0.25, 0.3) is 11.1 Å². The fourth-order valence-electron chi connectivity index (χ4n) is 2.18. The first kappa shape index (κ1) is 15.8. The SMILES string of the molecule is COc1ccc(-c2ccc(C(=O)CCCC(=O)O)cc2)cc1. The smallest absolute Gasteiger partial charge is 0.303 e. The quantitative estimate of drug-likeness (QED) is 0.790. The van der Waals surface area contributed by atoms with Crippen LogP contribution < -0.4 is 4.74 Å². The van der Waals surface area contributed by atoms with Gasteiger partial charge in [-0.1, -0.05) is 36.4 Å². The number of rotatable bonds is 7. The third-order valence-corrected chi connectivity index (χ3v) is 3.42. The first-order valence-electron chi connectivity index (χ1n) is 7.09. The summed E-state index contributed by atoms with van der Waals surface area (Å²) in [6, 6.07) is 15.1. The molecule has 0 saturated carbocycles. The molecular formula is C18H18O4. The predicted molar refractivity (Wildman–Crippen MR) is 84.2 cm³/mol. The van der Waals surface area contributed by atoms with Crippen LogP contribution in [0.1, 0.15) is 29.6 Å². The molecule has 2 aromatic carbocycles. The van der Waals surface area contributed by atoms with Gasteiger partial charge in [-0.3, -0.25) is 9.59 Å². The lowest BCUT2D eigenvalue weighted by Gasteiger charge is -2.05. The van der Waals surface area contributed by atoms with Crippen molar-refractivity contribution in [2.45, 2.75) is 19.3 Å². The summed E-state index contributed by atoms with van der Waals surface area (Å²) >= 11 is 0. The number of Topliss-reactive ketones (excluding diaryl/α,β-unsaturated/α-hetero) is 1. The number of hydrogen-bond acceptors (Lipinski definition) is 3. The van der Waals surface area contributed by atoms with Gasteiger partial charge in [-0.15, -0.1) is 0 Å². The van der Waals surface area contributed by atoms with E-state index >= 15 is 0 Å². The lowest BCUT2D eigenvalue weighted by molar-refractivity contribution is -0.137. The maximum atomic E-state index is 11.9. The van der Waals surface area contributed by atoms with Crippen molar-refractivity contribution in [3.05, 3.63) is 54.1 Å². The molecule has 0 bridgehead atoms. The Kier molecular flexibility index (Phi) is 5.31. The molecule has 0 radical (unpaired) electrons. The molecular weight excluding hydrogens is 280 g/mol. The highest BCUT2D eigenvalue weighted by molar-refractivity contribution is 5.96. The van der Waals surface area contributed by atoms with Crippen LogP contribution in [0.15, 0.2) is 48.5 Å². The van der Waals surface area contributed by atoms with Crippen molar-refractivity contribution < 1.29 is 19.4 Å². The number of carbonyl (C=O) groups excluding carboxylic acids is 1. The lowest BCUT2D eigenvalue weighted by atomic mass is 10.0. The number of carboxylic acids is 1. The number of aliphatic carboxylic acids is 1. The van der Waals surface area contributed by atoms with Crippen LogP contribution in [-0.2, 0) is 4.79 Å². The molecule has 2 rings (SSSR count). The lowest BCUT2D eigenvalue weighted by Crippen LogP contribution is -2.01. The average molecular weight is 298 g/mol. The van der Waals surface area contributed by atoms with Crippen LogP contribution in [0.4, 0.5) is 0 Å². The highest BCUT2D eigenvalue weighted by Gasteiger charge is 2.07. The molecule has 22 heavy (non-hydrogen) atoms. The van der Waals surface area contributed by atoms with Crippen molar-refractivity contribution in [1.29, 1.82) is 0 Å². The van der Waals surface area contributed by atoms with Gasteiger partial charge < -0.3 is 9.84 Å². The van der Waals surface area contributed by atoms with Gasteiger partial charge in [0, 0.05) is 18.4 Å². The molecule has 0 amide bonds. The van der Waals surface area contributed by atoms with Crippen LogP contribution in [0, 0.1) is 0 Å². The van der Waals surface area contributed by atoms with E-state index in [1.165, 1.54) is 0 Å². The molecule has 4 nitrogen and oxygen atoms in total. The first-order chi connectivity index (χ1) is 10.6. The van der Waals surface area contributed by atoms with Gasteiger partial charge >= 0.3 is 5.97 Å². The molecule has 0 aliphatic heterocycles. The zero-order chi connectivity index (χ0) is 15.9. The van der Waals surface area contributed by atoms with Crippen molar-refractivity contribution >= 4 is 11.8 Å². The van der Waals surface area contributed by atoms with Crippen molar-refractivity contribution in [2.75, 3.05) is 7.11 Å². The maximum Gasteiger partial charge on any atom is 0.303 e. The second kappa shape index (κ2) is 7.41. The average Bonchev–Trinajstić information content (AvgIpc) is 2.54. The van der Waals surface area contributed by atoms with Gasteiger partial charge in [0.2, 0.25) is 0 Å². The highest BCUT2D eigenvalue weighted by atomic mass is 16.5. The molecule has 0 aromatic heterocycles. The molecule has 0 aliphatic carbocycles. The third kappa shape index (κ3) is 4.19. The highest BCUT2D eigenvalue weighted by Crippen LogP contribution is 2.23. The summed E-state index contributed by atoms with van der Waals surface area (Å²) in [5.41, 5.74) is 2.68. The Morgan fingerprint density at radius 2 is 1.45 bits per heavy atom. The summed E-state index contributed by atoms with van der Waals surface area (Å²) in [5, 5.41) is 8.58. The molecule has 0 aliphatic rings. The van der Waals surface area contributed by atoms with Crippen molar-refractivity contribution in [3.8, 4) is 16.9 Å². The number of ketones is 1. The standard InChI is InChI=1S/C18H18O4/c1-22-16-11-9-14(10-12-16)13-5-7-15(8-6-13)17(19)3-2-4-18(20)21/h5-12H,2-4H2,1H3,(H,20,21). The van der Waals surface area contributed by atoms with E-state index in [1.54, 1.807) is 19.2 Å². The minimum absolute atomic E-state index is 0.0235. The van der Waals surface area contributed by atoms with E-state index in [2.05, 4.69) is 0 Å². The first-order valence-corrected chi connectivity index (χ1v) is 7.09. The zero-order valence-corrected chi connectivity index (χ0v) is 12.4. The van der Waals surface area contributed by atoms with Gasteiger partial charge in [-0.05, 0) is 29.7 Å². The van der Waals surface area contributed by atoms with E-state index in [0.717, 1.165) is 16.9 Å². The summed E-state index contributed by atoms with van der Waals surface area (Å²) in [7, 11) is 1.62. The zero-order valence-electron chi connectivity index (χ0n) is 12.4. The van der Waals surface area contributed by atoms with Crippen LogP contribution in [0.3, 0.4) is 0 Å². The number of ether oxygens (including phenoxy) is 1. The Morgan fingerprint density at radius 1 is 0.909 bits per heavy atom. The molecule has 0 saturated heterocycles. The molecule has 0 atom stereocenters. The molecule has 2 aromatic rings. The second-order valence-electron chi connectivity index (χ2n) is 4.98. The minimum Gasteiger partial charge on any atom is -0.497 e. The van der Waals surface area contributed by atoms with Crippen molar-refractivity contribution in [2.24, 2.45) is 0 Å². The van der Waals surface area contributed by atoms with Gasteiger partial charge in [-0.25, -0.2) is 0 Å². The van der Waals surface area contributed by atoms with Crippen LogP contribution in [0.5, 0.6) is 5.75 Å². The Morgan fingerprint density at radius 3 is 1.95 bits per heavy atom. The summed E-state index contributed by atoms with van der Waals surface area (Å²) in [4.78, 5) is 22.4. The fourth-order valence-corrected chi connectivity index (χ4v) is 2.18. The van der Waals surface area contributed by atoms with Crippen LogP contribution in [-0.4, -0.2) is 24.0 Å². The molecule has 0 spiro atoms. The Hall–Kier alpha value is -2.62. The number of methoxy groups -OCH3 is 1. The topological polar surface area (TPSA) is 63.6 Å². The summed E-state index contributed by atoms with van der Waals surface area (Å²) in [6.07, 6.45) is 0.651. The second-order valence-corrected chi connectivity index (χ2v) is 4.98. The normalized spacial score (nSPS) is 10.2. The van der Waals surface area contributed by atoms with Crippen molar-refractivity contribution in [1.82, 2.24) is 0 Å². The van der Waals surface area contributed by atoms with Gasteiger partial charge in [0.05, 0.1) is 7.11 Å². The Balaban J connectivity index is 2.02. The van der Waals surface area contributed by atoms with E-state index in [0.29, 0.717) is 12.0 Å². The molecule has 0 fully saturated rings. The van der Waals surface area contributed by atoms with E-state index < -0.39 is 5.97 Å². The predicted octanol–water partition coefficient (Wildman–Crippen LogP) is 3.80. The number of benzene rings is 2. The third-order valence-electron chi connectivity index (χ3n) is 3.42. The van der Waals surface area contributed by atoms with Gasteiger partial charge in [-0.2, -0.15) is 0 Å². The summed E-state index contributed by atoms with van der Waals surface area (Å²) in [5.74, 6) is -0.0980. The number of hydrogen-bond donors (Lipinski definition) is 1. The van der Waals surface area contributed by atoms with Crippen LogP contribution in [0.2, 0.25) is 0 Å². The van der Waals surface area contributed by atoms with Crippen LogP contribution >= 0.6 is 0 Å². The molecule has 0 heterocycles. The number of carbonyl (C=O) groups is 2. The van der Waals surface area contributed by atoms with Gasteiger partial charge in [0.25, 0.3) is 0 Å². The number of carboxylic acid groups (broad SMARTS) is 1.